The molecule has 0 heterocycles. The predicted molar refractivity (Wildman–Crippen MR) is 91.9 cm³/mol. The van der Waals surface area contributed by atoms with Crippen molar-refractivity contribution in [2.24, 2.45) is 5.41 Å². The number of carbonyl (C=O) groups is 2. The van der Waals surface area contributed by atoms with Gasteiger partial charge in [-0.15, -0.1) is 0 Å². The maximum atomic E-state index is 12.2. The lowest BCUT2D eigenvalue weighted by molar-refractivity contribution is 0.0933. The SMILES string of the molecule is O=C(NCC1(CO)CC1)c1ccc(C(=O)Nc2ccccc2)cc1. The minimum Gasteiger partial charge on any atom is -0.396 e. The Balaban J connectivity index is 1.58. The van der Waals surface area contributed by atoms with Gasteiger partial charge in [0.1, 0.15) is 0 Å². The van der Waals surface area contributed by atoms with Gasteiger partial charge in [-0.25, -0.2) is 0 Å². The van der Waals surface area contributed by atoms with Crippen LogP contribution in [0.3, 0.4) is 0 Å². The highest BCUT2D eigenvalue weighted by Crippen LogP contribution is 2.44. The Morgan fingerprint density at radius 3 is 2.04 bits per heavy atom. The number of amides is 2. The van der Waals surface area contributed by atoms with Gasteiger partial charge in [0.25, 0.3) is 11.8 Å². The molecule has 1 fully saturated rings. The molecule has 0 aliphatic heterocycles. The number of benzene rings is 2. The lowest BCUT2D eigenvalue weighted by atomic mass is 10.1. The minimum atomic E-state index is -0.217. The summed E-state index contributed by atoms with van der Waals surface area (Å²) in [5.41, 5.74) is 1.60. The summed E-state index contributed by atoms with van der Waals surface area (Å²) in [7, 11) is 0. The van der Waals surface area contributed by atoms with Gasteiger partial charge in [-0.3, -0.25) is 9.59 Å². The molecule has 3 N–H and O–H groups in total. The van der Waals surface area contributed by atoms with E-state index in [1.165, 1.54) is 0 Å². The van der Waals surface area contributed by atoms with Gasteiger partial charge in [-0.1, -0.05) is 18.2 Å². The molecule has 5 heteroatoms. The highest BCUT2D eigenvalue weighted by Gasteiger charge is 2.42. The number of aliphatic hydroxyl groups is 1. The Morgan fingerprint density at radius 1 is 0.917 bits per heavy atom. The number of rotatable bonds is 6. The molecule has 0 spiro atoms. The van der Waals surface area contributed by atoms with E-state index in [0.29, 0.717) is 17.7 Å². The fourth-order valence-electron chi connectivity index (χ4n) is 2.44. The minimum absolute atomic E-state index is 0.103. The molecule has 3 rings (SSSR count). The number of aliphatic hydroxyl groups excluding tert-OH is 1. The van der Waals surface area contributed by atoms with Crippen LogP contribution < -0.4 is 10.6 Å². The quantitative estimate of drug-likeness (QED) is 0.764. The van der Waals surface area contributed by atoms with Crippen molar-refractivity contribution in [3.05, 3.63) is 65.7 Å². The van der Waals surface area contributed by atoms with Crippen LogP contribution in [-0.4, -0.2) is 30.1 Å². The number of para-hydroxylation sites is 1. The van der Waals surface area contributed by atoms with Crippen molar-refractivity contribution in [1.29, 1.82) is 0 Å². The van der Waals surface area contributed by atoms with E-state index in [9.17, 15) is 14.7 Å². The fourth-order valence-corrected chi connectivity index (χ4v) is 2.44. The first kappa shape index (κ1) is 16.2. The molecule has 5 nitrogen and oxygen atoms in total. The predicted octanol–water partition coefficient (Wildman–Crippen LogP) is 2.44. The van der Waals surface area contributed by atoms with Crippen molar-refractivity contribution >= 4 is 17.5 Å². The van der Waals surface area contributed by atoms with Crippen LogP contribution in [0.4, 0.5) is 5.69 Å². The van der Waals surface area contributed by atoms with Gasteiger partial charge in [0, 0.05) is 28.8 Å². The maximum Gasteiger partial charge on any atom is 0.255 e. The third kappa shape index (κ3) is 3.81. The Kier molecular flexibility index (Phi) is 4.62. The standard InChI is InChI=1S/C19H20N2O3/c22-13-19(10-11-19)12-20-17(23)14-6-8-15(9-7-14)18(24)21-16-4-2-1-3-5-16/h1-9,22H,10-13H2,(H,20,23)(H,21,24). The number of hydrogen-bond donors (Lipinski definition) is 3. The zero-order valence-electron chi connectivity index (χ0n) is 13.3. The first-order chi connectivity index (χ1) is 11.6. The summed E-state index contributed by atoms with van der Waals surface area (Å²) in [6.07, 6.45) is 1.89. The highest BCUT2D eigenvalue weighted by atomic mass is 16.3. The molecule has 0 unspecified atom stereocenters. The third-order valence-corrected chi connectivity index (χ3v) is 4.36. The Hall–Kier alpha value is -2.66. The molecule has 2 aromatic carbocycles. The van der Waals surface area contributed by atoms with E-state index in [0.717, 1.165) is 18.5 Å². The molecule has 1 aliphatic rings. The van der Waals surface area contributed by atoms with Gasteiger partial charge in [0.15, 0.2) is 0 Å². The summed E-state index contributed by atoms with van der Waals surface area (Å²) < 4.78 is 0. The lowest BCUT2D eigenvalue weighted by Crippen LogP contribution is -2.31. The molecule has 0 atom stereocenters. The van der Waals surface area contributed by atoms with E-state index in [-0.39, 0.29) is 23.8 Å². The molecule has 0 bridgehead atoms. The van der Waals surface area contributed by atoms with Crippen molar-refractivity contribution in [2.45, 2.75) is 12.8 Å². The maximum absolute atomic E-state index is 12.2. The summed E-state index contributed by atoms with van der Waals surface area (Å²) in [5, 5.41) is 14.9. The summed E-state index contributed by atoms with van der Waals surface area (Å²) in [4.78, 5) is 24.3. The average Bonchev–Trinajstić information content (AvgIpc) is 3.41. The van der Waals surface area contributed by atoms with Crippen LogP contribution >= 0.6 is 0 Å². The van der Waals surface area contributed by atoms with Gasteiger partial charge in [0.2, 0.25) is 0 Å². The van der Waals surface area contributed by atoms with Gasteiger partial charge < -0.3 is 15.7 Å². The molecule has 124 valence electrons. The summed E-state index contributed by atoms with van der Waals surface area (Å²) in [6, 6.07) is 15.7. The Bertz CT molecular complexity index is 722. The monoisotopic (exact) mass is 324 g/mol. The largest absolute Gasteiger partial charge is 0.396 e. The van der Waals surface area contributed by atoms with E-state index >= 15 is 0 Å². The van der Waals surface area contributed by atoms with Crippen LogP contribution in [0, 0.1) is 5.41 Å². The molecule has 24 heavy (non-hydrogen) atoms. The smallest absolute Gasteiger partial charge is 0.255 e. The normalized spacial score (nSPS) is 14.7. The summed E-state index contributed by atoms with van der Waals surface area (Å²) in [6.45, 7) is 0.588. The summed E-state index contributed by atoms with van der Waals surface area (Å²) >= 11 is 0. The second-order valence-corrected chi connectivity index (χ2v) is 6.24. The van der Waals surface area contributed by atoms with E-state index in [2.05, 4.69) is 10.6 Å². The number of nitrogens with one attached hydrogen (secondary N) is 2. The first-order valence-corrected chi connectivity index (χ1v) is 7.97. The van der Waals surface area contributed by atoms with E-state index in [4.69, 9.17) is 0 Å². The highest BCUT2D eigenvalue weighted by molar-refractivity contribution is 6.05. The number of carbonyl (C=O) groups excluding carboxylic acids is 2. The molecular weight excluding hydrogens is 304 g/mol. The van der Waals surface area contributed by atoms with Gasteiger partial charge in [0.05, 0.1) is 6.61 Å². The van der Waals surface area contributed by atoms with Crippen LogP contribution in [-0.2, 0) is 0 Å². The van der Waals surface area contributed by atoms with Crippen molar-refractivity contribution < 1.29 is 14.7 Å². The van der Waals surface area contributed by atoms with E-state index in [1.54, 1.807) is 24.3 Å². The first-order valence-electron chi connectivity index (χ1n) is 7.97. The van der Waals surface area contributed by atoms with Crippen LogP contribution in [0.25, 0.3) is 0 Å². The molecule has 0 radical (unpaired) electrons. The Morgan fingerprint density at radius 2 is 1.50 bits per heavy atom. The molecule has 2 aromatic rings. The molecule has 1 aliphatic carbocycles. The van der Waals surface area contributed by atoms with Crippen molar-refractivity contribution in [1.82, 2.24) is 5.32 Å². The second kappa shape index (κ2) is 6.84. The van der Waals surface area contributed by atoms with Gasteiger partial charge in [-0.2, -0.15) is 0 Å². The van der Waals surface area contributed by atoms with Crippen LogP contribution in [0.15, 0.2) is 54.6 Å². The molecule has 0 saturated heterocycles. The molecule has 2 amide bonds. The second-order valence-electron chi connectivity index (χ2n) is 6.24. The zero-order chi connectivity index (χ0) is 17.0. The van der Waals surface area contributed by atoms with E-state index < -0.39 is 0 Å². The van der Waals surface area contributed by atoms with Crippen LogP contribution in [0.1, 0.15) is 33.6 Å². The Labute approximate surface area is 140 Å². The van der Waals surface area contributed by atoms with Crippen molar-refractivity contribution in [3.8, 4) is 0 Å². The third-order valence-electron chi connectivity index (χ3n) is 4.36. The number of hydrogen-bond acceptors (Lipinski definition) is 3. The van der Waals surface area contributed by atoms with Gasteiger partial charge >= 0.3 is 0 Å². The number of anilines is 1. The zero-order valence-corrected chi connectivity index (χ0v) is 13.3. The molecular formula is C19H20N2O3. The summed E-state index contributed by atoms with van der Waals surface area (Å²) in [5.74, 6) is -0.407. The topological polar surface area (TPSA) is 78.4 Å². The van der Waals surface area contributed by atoms with Crippen LogP contribution in [0.2, 0.25) is 0 Å². The molecule has 0 aromatic heterocycles. The van der Waals surface area contributed by atoms with Gasteiger partial charge in [-0.05, 0) is 49.2 Å². The average molecular weight is 324 g/mol. The van der Waals surface area contributed by atoms with Crippen LogP contribution in [0.5, 0.6) is 0 Å². The van der Waals surface area contributed by atoms with E-state index in [1.807, 2.05) is 30.3 Å². The fraction of sp³-hybridized carbons (Fsp3) is 0.263. The van der Waals surface area contributed by atoms with Crippen molar-refractivity contribution in [3.63, 3.8) is 0 Å². The molecule has 1 saturated carbocycles. The lowest BCUT2D eigenvalue weighted by Gasteiger charge is -2.12. The van der Waals surface area contributed by atoms with Crippen molar-refractivity contribution in [2.75, 3.05) is 18.5 Å².